The minimum atomic E-state index is -1.01. The fourth-order valence-electron chi connectivity index (χ4n) is 7.74. The predicted molar refractivity (Wildman–Crippen MR) is 258 cm³/mol. The van der Waals surface area contributed by atoms with E-state index >= 15 is 0 Å². The molecule has 0 saturated heterocycles. The highest BCUT2D eigenvalue weighted by Crippen LogP contribution is 2.20. The quantitative estimate of drug-likeness (QED) is 0.0362. The summed E-state index contributed by atoms with van der Waals surface area (Å²) in [4.78, 5) is 35.2. The van der Waals surface area contributed by atoms with E-state index in [1.54, 1.807) is 0 Å². The van der Waals surface area contributed by atoms with E-state index in [9.17, 15) is 14.4 Å². The molecular weight excluding hydrogens is 743 g/mol. The molecule has 0 aromatic heterocycles. The molecule has 1 unspecified atom stereocenters. The third-order valence-corrected chi connectivity index (χ3v) is 11.5. The Morgan fingerprint density at radius 3 is 1.25 bits per heavy atom. The molecule has 348 valence electrons. The topological polar surface area (TPSA) is 92.7 Å². The molecule has 0 aliphatic carbocycles. The number of rotatable bonds is 47. The minimum absolute atomic E-state index is 0.0152. The van der Waals surface area contributed by atoms with Crippen molar-refractivity contribution in [3.05, 3.63) is 48.6 Å². The molecule has 0 aromatic carbocycles. The predicted octanol–water partition coefficient (Wildman–Crippen LogP) is 16.6. The van der Waals surface area contributed by atoms with E-state index in [1.165, 1.54) is 148 Å². The zero-order chi connectivity index (χ0) is 43.7. The van der Waals surface area contributed by atoms with Crippen LogP contribution < -0.4 is 5.32 Å². The summed E-state index contributed by atoms with van der Waals surface area (Å²) < 4.78 is 6.07. The number of carboxylic acids is 1. The van der Waals surface area contributed by atoms with E-state index in [4.69, 9.17) is 9.84 Å². The molecule has 0 heterocycles. The summed E-state index contributed by atoms with van der Waals surface area (Å²) >= 11 is 0. The smallest absolute Gasteiger partial charge is 0.322 e. The molecule has 6 nitrogen and oxygen atoms in total. The van der Waals surface area contributed by atoms with Crippen LogP contribution in [-0.2, 0) is 19.1 Å². The molecule has 0 fully saturated rings. The summed E-state index contributed by atoms with van der Waals surface area (Å²) in [5.74, 6) is -1.22. The molecule has 1 amide bonds. The summed E-state index contributed by atoms with van der Waals surface area (Å²) in [6.07, 6.45) is 64.0. The van der Waals surface area contributed by atoms with Gasteiger partial charge in [-0.25, -0.2) is 0 Å². The van der Waals surface area contributed by atoms with Crippen LogP contribution in [0.4, 0.5) is 0 Å². The van der Waals surface area contributed by atoms with Crippen LogP contribution in [-0.4, -0.2) is 35.6 Å². The van der Waals surface area contributed by atoms with Gasteiger partial charge in [0.25, 0.3) is 0 Å². The molecule has 0 spiro atoms. The number of carbonyl (C=O) groups is 3. The van der Waals surface area contributed by atoms with Crippen molar-refractivity contribution >= 4 is 17.8 Å². The van der Waals surface area contributed by atoms with Gasteiger partial charge in [-0.2, -0.15) is 0 Å². The van der Waals surface area contributed by atoms with Gasteiger partial charge in [0.15, 0.2) is 0 Å². The summed E-state index contributed by atoms with van der Waals surface area (Å²) in [6, 6.07) is 0. The zero-order valence-electron chi connectivity index (χ0n) is 39.6. The van der Waals surface area contributed by atoms with Crippen molar-refractivity contribution in [3.8, 4) is 0 Å². The number of unbranched alkanes of at least 4 members (excludes halogenated alkanes) is 28. The Morgan fingerprint density at radius 1 is 0.450 bits per heavy atom. The van der Waals surface area contributed by atoms with Crippen LogP contribution in [0.15, 0.2) is 48.6 Å². The number of hydrogen-bond donors (Lipinski definition) is 2. The van der Waals surface area contributed by atoms with Crippen molar-refractivity contribution in [2.24, 2.45) is 0 Å². The lowest BCUT2D eigenvalue weighted by molar-refractivity contribution is -0.150. The number of esters is 1. The Bertz CT molecular complexity index is 1060. The molecule has 0 bridgehead atoms. The number of amides is 1. The fraction of sp³-hybridized carbons (Fsp3) is 0.796. The molecule has 1 atom stereocenters. The highest BCUT2D eigenvalue weighted by atomic mass is 16.5. The van der Waals surface area contributed by atoms with Crippen LogP contribution in [0.1, 0.15) is 264 Å². The maximum atomic E-state index is 12.9. The fourth-order valence-corrected chi connectivity index (χ4v) is 7.74. The van der Waals surface area contributed by atoms with Crippen molar-refractivity contribution in [2.75, 3.05) is 6.54 Å². The maximum Gasteiger partial charge on any atom is 0.322 e. The first-order valence-corrected chi connectivity index (χ1v) is 25.8. The number of aliphatic carboxylic acids is 1. The van der Waals surface area contributed by atoms with Crippen molar-refractivity contribution in [2.45, 2.75) is 270 Å². The van der Waals surface area contributed by atoms with E-state index in [2.05, 4.69) is 67.8 Å². The van der Waals surface area contributed by atoms with Crippen LogP contribution in [0.2, 0.25) is 0 Å². The van der Waals surface area contributed by atoms with Crippen LogP contribution >= 0.6 is 0 Å². The molecule has 0 saturated carbocycles. The molecule has 6 heteroatoms. The number of allylic oxidation sites excluding steroid dienone is 8. The standard InChI is InChI=1S/C54H97NO5/c1-3-5-7-9-11-13-15-17-19-20-21-22-23-24-25-26-28-30-32-34-36-41-45-49-54(59)60-51(47-43-39-37-40-44-48-52(56)55-50-53(57)58)46-42-38-35-33-31-29-27-18-16-14-12-10-8-6-4-2/h5,7,11,13,17,19,21-22,51H,3-4,6,8-10,12,14-16,18,20,23-50H2,1-2H3,(H,55,56)(H,57,58)/b7-5-,13-11-,19-17-,22-21-. The third kappa shape index (κ3) is 48.0. The normalized spacial score (nSPS) is 12.4. The van der Waals surface area contributed by atoms with Crippen molar-refractivity contribution in [1.29, 1.82) is 0 Å². The molecule has 0 aliphatic heterocycles. The average molecular weight is 840 g/mol. The third-order valence-electron chi connectivity index (χ3n) is 11.5. The molecule has 2 N–H and O–H groups in total. The van der Waals surface area contributed by atoms with Crippen molar-refractivity contribution in [3.63, 3.8) is 0 Å². The molecular formula is C54H97NO5. The summed E-state index contributed by atoms with van der Waals surface area (Å²) in [7, 11) is 0. The maximum absolute atomic E-state index is 12.9. The van der Waals surface area contributed by atoms with E-state index < -0.39 is 5.97 Å². The number of carboxylic acid groups (broad SMARTS) is 1. The number of nitrogens with one attached hydrogen (secondary N) is 1. The lowest BCUT2D eigenvalue weighted by atomic mass is 10.0. The first kappa shape index (κ1) is 57.4. The summed E-state index contributed by atoms with van der Waals surface area (Å²) in [6.45, 7) is 4.14. The van der Waals surface area contributed by atoms with E-state index in [-0.39, 0.29) is 24.5 Å². The zero-order valence-corrected chi connectivity index (χ0v) is 39.6. The van der Waals surface area contributed by atoms with Gasteiger partial charge in [-0.15, -0.1) is 0 Å². The highest BCUT2D eigenvalue weighted by molar-refractivity contribution is 5.80. The van der Waals surface area contributed by atoms with Crippen molar-refractivity contribution < 1.29 is 24.2 Å². The van der Waals surface area contributed by atoms with E-state index in [1.807, 2.05) is 0 Å². The van der Waals surface area contributed by atoms with Crippen LogP contribution in [0.5, 0.6) is 0 Å². The van der Waals surface area contributed by atoms with Gasteiger partial charge < -0.3 is 15.2 Å². The molecule has 60 heavy (non-hydrogen) atoms. The van der Waals surface area contributed by atoms with Gasteiger partial charge in [0.2, 0.25) is 5.91 Å². The average Bonchev–Trinajstić information content (AvgIpc) is 3.24. The molecule has 0 aromatic rings. The number of ether oxygens (including phenoxy) is 1. The second kappa shape index (κ2) is 49.0. The first-order chi connectivity index (χ1) is 29.5. The lowest BCUT2D eigenvalue weighted by Crippen LogP contribution is -2.28. The van der Waals surface area contributed by atoms with Gasteiger partial charge in [0.05, 0.1) is 0 Å². The Labute approximate surface area is 371 Å². The Kier molecular flexibility index (Phi) is 46.9. The second-order valence-corrected chi connectivity index (χ2v) is 17.4. The summed E-state index contributed by atoms with van der Waals surface area (Å²) in [5.41, 5.74) is 0. The first-order valence-electron chi connectivity index (χ1n) is 25.8. The van der Waals surface area contributed by atoms with Gasteiger partial charge in [-0.05, 0) is 77.0 Å². The van der Waals surface area contributed by atoms with Crippen LogP contribution in [0, 0.1) is 0 Å². The van der Waals surface area contributed by atoms with Crippen molar-refractivity contribution in [1.82, 2.24) is 5.32 Å². The largest absolute Gasteiger partial charge is 0.480 e. The van der Waals surface area contributed by atoms with Gasteiger partial charge in [0.1, 0.15) is 12.6 Å². The minimum Gasteiger partial charge on any atom is -0.480 e. The SMILES string of the molecule is CC/C=C\C/C=C\C/C=C\C/C=C\CCCCCCCCCCCCC(=O)OC(CCCCCCCCCCCCCCCCC)CCCCCCCC(=O)NCC(=O)O. The Hall–Kier alpha value is -2.63. The highest BCUT2D eigenvalue weighted by Gasteiger charge is 2.14. The summed E-state index contributed by atoms with van der Waals surface area (Å²) in [5, 5.41) is 11.1. The van der Waals surface area contributed by atoms with E-state index in [0.717, 1.165) is 89.9 Å². The molecule has 0 rings (SSSR count). The lowest BCUT2D eigenvalue weighted by Gasteiger charge is -2.18. The Balaban J connectivity index is 4.08. The molecule has 0 radical (unpaired) electrons. The van der Waals surface area contributed by atoms with Gasteiger partial charge >= 0.3 is 11.9 Å². The van der Waals surface area contributed by atoms with Gasteiger partial charge in [0, 0.05) is 12.8 Å². The molecule has 0 aliphatic rings. The Morgan fingerprint density at radius 2 is 0.817 bits per heavy atom. The monoisotopic (exact) mass is 840 g/mol. The number of carbonyl (C=O) groups excluding carboxylic acids is 2. The number of hydrogen-bond acceptors (Lipinski definition) is 4. The van der Waals surface area contributed by atoms with E-state index in [0.29, 0.717) is 12.8 Å². The van der Waals surface area contributed by atoms with Crippen LogP contribution in [0.3, 0.4) is 0 Å². The van der Waals surface area contributed by atoms with Gasteiger partial charge in [-0.1, -0.05) is 223 Å². The van der Waals surface area contributed by atoms with Gasteiger partial charge in [-0.3, -0.25) is 14.4 Å². The second-order valence-electron chi connectivity index (χ2n) is 17.4. The van der Waals surface area contributed by atoms with Crippen LogP contribution in [0.25, 0.3) is 0 Å².